The van der Waals surface area contributed by atoms with Crippen LogP contribution in [0.5, 0.6) is 0 Å². The van der Waals surface area contributed by atoms with Crippen LogP contribution in [0, 0.1) is 0 Å². The molecule has 0 atom stereocenters. The summed E-state index contributed by atoms with van der Waals surface area (Å²) < 4.78 is 1.34. The number of nitrogens with one attached hydrogen (secondary N) is 1. The quantitative estimate of drug-likeness (QED) is 0.463. The van der Waals surface area contributed by atoms with Gasteiger partial charge >= 0.3 is 0 Å². The van der Waals surface area contributed by atoms with Crippen LogP contribution in [-0.4, -0.2) is 0 Å². The molecular weight excluding hydrogens is 358 g/mol. The van der Waals surface area contributed by atoms with Crippen LogP contribution in [0.4, 0.5) is 10.7 Å². The predicted molar refractivity (Wildman–Crippen MR) is 126 cm³/mol. The first-order valence-corrected chi connectivity index (χ1v) is 11.2. The molecule has 1 N–H and O–H groups in total. The third-order valence-electron chi connectivity index (χ3n) is 6.50. The lowest BCUT2D eigenvalue weighted by Crippen LogP contribution is -2.33. The second-order valence-electron chi connectivity index (χ2n) is 10.8. The van der Waals surface area contributed by atoms with E-state index in [2.05, 4.69) is 96.2 Å². The minimum absolute atomic E-state index is 0.181. The highest BCUT2D eigenvalue weighted by atomic mass is 32.1. The number of hydrogen-bond donors (Lipinski definition) is 1. The Morgan fingerprint density at radius 1 is 0.821 bits per heavy atom. The Morgan fingerprint density at radius 3 is 2.18 bits per heavy atom. The molecule has 0 amide bonds. The Balaban J connectivity index is 1.68. The molecule has 4 rings (SSSR count). The minimum atomic E-state index is 0.181. The molecule has 2 aromatic carbocycles. The highest BCUT2D eigenvalue weighted by Crippen LogP contribution is 2.47. The van der Waals surface area contributed by atoms with Gasteiger partial charge in [0.05, 0.1) is 5.00 Å². The fraction of sp³-hybridized carbons (Fsp3) is 0.462. The van der Waals surface area contributed by atoms with Gasteiger partial charge in [-0.1, -0.05) is 60.6 Å². The minimum Gasteiger partial charge on any atom is -0.347 e. The molecular formula is C26H33NS. The van der Waals surface area contributed by atoms with Gasteiger partial charge in [-0.3, -0.25) is 0 Å². The van der Waals surface area contributed by atoms with Gasteiger partial charge in [-0.2, -0.15) is 0 Å². The van der Waals surface area contributed by atoms with Gasteiger partial charge < -0.3 is 5.32 Å². The molecule has 0 saturated carbocycles. The molecule has 148 valence electrons. The molecule has 1 nitrogen and oxygen atoms in total. The van der Waals surface area contributed by atoms with E-state index >= 15 is 0 Å². The third-order valence-corrected chi connectivity index (χ3v) is 7.53. The molecule has 1 aliphatic rings. The number of benzene rings is 2. The van der Waals surface area contributed by atoms with Crippen molar-refractivity contribution in [2.75, 3.05) is 5.32 Å². The molecule has 28 heavy (non-hydrogen) atoms. The maximum Gasteiger partial charge on any atom is 0.0939 e. The van der Waals surface area contributed by atoms with E-state index in [0.29, 0.717) is 0 Å². The van der Waals surface area contributed by atoms with Gasteiger partial charge in [0.2, 0.25) is 0 Å². The second kappa shape index (κ2) is 6.35. The molecule has 2 heteroatoms. The zero-order valence-electron chi connectivity index (χ0n) is 18.4. The van der Waals surface area contributed by atoms with Crippen molar-refractivity contribution in [2.24, 2.45) is 0 Å². The number of thiophene rings is 1. The second-order valence-corrected chi connectivity index (χ2v) is 11.9. The molecule has 0 bridgehead atoms. The maximum absolute atomic E-state index is 3.69. The lowest BCUT2D eigenvalue weighted by atomic mass is 9.63. The summed E-state index contributed by atoms with van der Waals surface area (Å²) in [6, 6.07) is 16.2. The molecule has 0 unspecified atom stereocenters. The zero-order valence-corrected chi connectivity index (χ0v) is 19.2. The molecule has 1 aliphatic carbocycles. The van der Waals surface area contributed by atoms with E-state index in [1.165, 1.54) is 50.3 Å². The lowest BCUT2D eigenvalue weighted by Gasteiger charge is -2.42. The standard InChI is InChI=1S/C26H33NS/c1-24(2,3)18-8-11-22-17(14-18)15-23(28-22)27-19-9-10-20-21(16-19)26(6,7)13-12-25(20,4)5/h8-11,14-16,27H,12-13H2,1-7H3. The Bertz CT molecular complexity index is 1030. The van der Waals surface area contributed by atoms with Crippen LogP contribution >= 0.6 is 11.3 Å². The summed E-state index contributed by atoms with van der Waals surface area (Å²) in [5, 5.41) is 6.23. The maximum atomic E-state index is 3.69. The number of rotatable bonds is 2. The summed E-state index contributed by atoms with van der Waals surface area (Å²) in [6.45, 7) is 16.4. The number of anilines is 2. The summed E-state index contributed by atoms with van der Waals surface area (Å²) >= 11 is 1.84. The summed E-state index contributed by atoms with van der Waals surface area (Å²) in [6.07, 6.45) is 2.50. The van der Waals surface area contributed by atoms with Crippen LogP contribution in [0.1, 0.15) is 78.0 Å². The van der Waals surface area contributed by atoms with Crippen LogP contribution in [-0.2, 0) is 16.2 Å². The first-order chi connectivity index (χ1) is 13.0. The van der Waals surface area contributed by atoms with Crippen molar-refractivity contribution in [1.29, 1.82) is 0 Å². The molecule has 3 aromatic rings. The van der Waals surface area contributed by atoms with Gasteiger partial charge in [-0.15, -0.1) is 11.3 Å². The monoisotopic (exact) mass is 391 g/mol. The summed E-state index contributed by atoms with van der Waals surface area (Å²) in [5.74, 6) is 0. The first kappa shape index (κ1) is 19.5. The lowest BCUT2D eigenvalue weighted by molar-refractivity contribution is 0.332. The Kier molecular flexibility index (Phi) is 4.43. The molecule has 0 fully saturated rings. The average molecular weight is 392 g/mol. The fourth-order valence-electron chi connectivity index (χ4n) is 4.38. The Labute approximate surface area is 174 Å². The molecule has 1 aromatic heterocycles. The van der Waals surface area contributed by atoms with Crippen LogP contribution in [0.3, 0.4) is 0 Å². The van der Waals surface area contributed by atoms with E-state index in [4.69, 9.17) is 0 Å². The van der Waals surface area contributed by atoms with E-state index in [0.717, 1.165) is 0 Å². The summed E-state index contributed by atoms with van der Waals surface area (Å²) in [7, 11) is 0. The molecule has 0 aliphatic heterocycles. The fourth-order valence-corrected chi connectivity index (χ4v) is 5.34. The largest absolute Gasteiger partial charge is 0.347 e. The number of hydrogen-bond acceptors (Lipinski definition) is 2. The van der Waals surface area contributed by atoms with Crippen molar-refractivity contribution in [1.82, 2.24) is 0 Å². The van der Waals surface area contributed by atoms with Crippen molar-refractivity contribution >= 4 is 32.1 Å². The van der Waals surface area contributed by atoms with E-state index in [-0.39, 0.29) is 16.2 Å². The van der Waals surface area contributed by atoms with Gasteiger partial charge in [0.1, 0.15) is 0 Å². The van der Waals surface area contributed by atoms with Crippen LogP contribution < -0.4 is 5.32 Å². The zero-order chi connectivity index (χ0) is 20.3. The van der Waals surface area contributed by atoms with E-state index in [1.807, 2.05) is 11.3 Å². The van der Waals surface area contributed by atoms with Gasteiger partial charge in [0, 0.05) is 10.4 Å². The van der Waals surface area contributed by atoms with Crippen LogP contribution in [0.25, 0.3) is 10.1 Å². The normalized spacial score (nSPS) is 18.1. The SMILES string of the molecule is CC(C)(C)c1ccc2sc(Nc3ccc4c(c3)C(C)(C)CCC4(C)C)cc2c1. The predicted octanol–water partition coefficient (Wildman–Crippen LogP) is 8.29. The van der Waals surface area contributed by atoms with Crippen LogP contribution in [0.2, 0.25) is 0 Å². The number of fused-ring (bicyclic) bond motifs is 2. The molecule has 0 spiro atoms. The summed E-state index contributed by atoms with van der Waals surface area (Å²) in [4.78, 5) is 0. The van der Waals surface area contributed by atoms with Crippen molar-refractivity contribution in [3.63, 3.8) is 0 Å². The van der Waals surface area contributed by atoms with Crippen molar-refractivity contribution in [3.05, 3.63) is 59.2 Å². The third kappa shape index (κ3) is 3.48. The van der Waals surface area contributed by atoms with E-state index in [9.17, 15) is 0 Å². The summed E-state index contributed by atoms with van der Waals surface area (Å²) in [5.41, 5.74) is 6.30. The van der Waals surface area contributed by atoms with Gasteiger partial charge in [-0.05, 0) is 81.5 Å². The highest BCUT2D eigenvalue weighted by molar-refractivity contribution is 7.22. The van der Waals surface area contributed by atoms with Crippen LogP contribution in [0.15, 0.2) is 42.5 Å². The molecule has 0 radical (unpaired) electrons. The topological polar surface area (TPSA) is 12.0 Å². The Hall–Kier alpha value is -1.80. The van der Waals surface area contributed by atoms with Gasteiger partial charge in [0.15, 0.2) is 0 Å². The van der Waals surface area contributed by atoms with Crippen molar-refractivity contribution in [3.8, 4) is 0 Å². The highest BCUT2D eigenvalue weighted by Gasteiger charge is 2.36. The smallest absolute Gasteiger partial charge is 0.0939 e. The van der Waals surface area contributed by atoms with E-state index < -0.39 is 0 Å². The van der Waals surface area contributed by atoms with Crippen molar-refractivity contribution < 1.29 is 0 Å². The van der Waals surface area contributed by atoms with Gasteiger partial charge in [-0.25, -0.2) is 0 Å². The van der Waals surface area contributed by atoms with Crippen molar-refractivity contribution in [2.45, 2.75) is 77.6 Å². The average Bonchev–Trinajstić information content (AvgIpc) is 2.99. The van der Waals surface area contributed by atoms with Gasteiger partial charge in [0.25, 0.3) is 0 Å². The molecule has 0 saturated heterocycles. The molecule has 1 heterocycles. The van der Waals surface area contributed by atoms with E-state index in [1.54, 1.807) is 0 Å². The first-order valence-electron chi connectivity index (χ1n) is 10.4. The Morgan fingerprint density at radius 2 is 1.50 bits per heavy atom.